The first-order chi connectivity index (χ1) is 15.6. The first-order valence-electron chi connectivity index (χ1n) is 9.92. The van der Waals surface area contributed by atoms with Gasteiger partial charge in [0.1, 0.15) is 11.6 Å². The minimum atomic E-state index is -0.544. The third kappa shape index (κ3) is 8.87. The van der Waals surface area contributed by atoms with Gasteiger partial charge in [0.05, 0.1) is 10.4 Å². The van der Waals surface area contributed by atoms with E-state index in [2.05, 4.69) is 42.9 Å². The van der Waals surface area contributed by atoms with Gasteiger partial charge in [0.2, 0.25) is 0 Å². The zero-order valence-corrected chi connectivity index (χ0v) is 20.5. The average molecular weight is 505 g/mol. The summed E-state index contributed by atoms with van der Waals surface area (Å²) in [6.07, 6.45) is 3.77. The Morgan fingerprint density at radius 2 is 1.57 bits per heavy atom. The Morgan fingerprint density at radius 1 is 1.00 bits per heavy atom. The van der Waals surface area contributed by atoms with Gasteiger partial charge in [0.15, 0.2) is 5.82 Å². The lowest BCUT2D eigenvalue weighted by atomic mass is 10.1. The normalized spacial score (nSPS) is 11.7. The molecular formula is C25H36N4O5S. The summed E-state index contributed by atoms with van der Waals surface area (Å²) in [5.41, 5.74) is 8.46. The van der Waals surface area contributed by atoms with Crippen LogP contribution in [0, 0.1) is 0 Å². The highest BCUT2D eigenvalue weighted by Crippen LogP contribution is 2.55. The van der Waals surface area contributed by atoms with Gasteiger partial charge in [-0.15, -0.1) is 26.3 Å². The van der Waals surface area contributed by atoms with Crippen LogP contribution in [0.5, 0.6) is 5.75 Å². The molecular weight excluding hydrogens is 468 g/mol. The lowest BCUT2D eigenvalue weighted by Crippen LogP contribution is -2.16. The zero-order valence-electron chi connectivity index (χ0n) is 19.7. The molecule has 0 spiro atoms. The molecule has 0 radical (unpaired) electrons. The van der Waals surface area contributed by atoms with Crippen molar-refractivity contribution in [1.82, 2.24) is 9.97 Å². The van der Waals surface area contributed by atoms with Crippen molar-refractivity contribution in [2.24, 2.45) is 0 Å². The number of amides is 1. The first kappa shape index (κ1) is 33.5. The topological polar surface area (TPSA) is 185 Å². The second kappa shape index (κ2) is 16.0. The molecule has 35 heavy (non-hydrogen) atoms. The number of nitrogens with two attached hydrogens (primary N) is 1. The molecule has 1 heterocycles. The van der Waals surface area contributed by atoms with E-state index in [-0.39, 0.29) is 22.6 Å². The summed E-state index contributed by atoms with van der Waals surface area (Å²) < 4.78 is 5.31. The minimum Gasteiger partial charge on any atom is -0.412 e. The number of aromatic nitrogens is 2. The molecule has 1 amide bonds. The fraction of sp³-hybridized carbons (Fsp3) is 0.160. The molecule has 1 fully saturated rings. The number of ether oxygens (including phenoxy) is 1. The number of thioether (sulfide) groups is 1. The van der Waals surface area contributed by atoms with Crippen LogP contribution in [0.1, 0.15) is 20.0 Å². The molecule has 4 rings (SSSR count). The lowest BCUT2D eigenvalue weighted by Gasteiger charge is -2.13. The summed E-state index contributed by atoms with van der Waals surface area (Å²) in [6.45, 7) is 12.0. The zero-order chi connectivity index (χ0) is 23.6. The standard InChI is InChI=1S/C21H20N4O2S.2C2H4.3H2O.H2/c1-28-21(11-12-21)17-13-18(22)25-19(24-17)14-7-9-15(10-8-14)23-20(26)27-16-5-3-2-4-6-16;2*1-2;;;;/h2-10,13H,11-12H2,1H3,(H,23,26)(H2,22,24,25);2*1-2H2;3*1H2;1H. The van der Waals surface area contributed by atoms with Gasteiger partial charge in [-0.3, -0.25) is 5.32 Å². The summed E-state index contributed by atoms with van der Waals surface area (Å²) in [6, 6.07) is 18.1. The Bertz CT molecular complexity index is 1040. The Labute approximate surface area is 211 Å². The fourth-order valence-corrected chi connectivity index (χ4v) is 3.77. The summed E-state index contributed by atoms with van der Waals surface area (Å²) in [5.74, 6) is 1.54. The summed E-state index contributed by atoms with van der Waals surface area (Å²) in [5, 5.41) is 2.71. The van der Waals surface area contributed by atoms with Crippen molar-refractivity contribution in [2.45, 2.75) is 17.6 Å². The molecule has 1 aliphatic carbocycles. The quantitative estimate of drug-likeness (QED) is 0.493. The first-order valence-corrected chi connectivity index (χ1v) is 11.1. The molecule has 0 bridgehead atoms. The van der Waals surface area contributed by atoms with Crippen LogP contribution in [0.2, 0.25) is 0 Å². The van der Waals surface area contributed by atoms with Crippen LogP contribution in [-0.2, 0) is 4.75 Å². The molecule has 0 aliphatic heterocycles. The van der Waals surface area contributed by atoms with E-state index in [9.17, 15) is 4.79 Å². The van der Waals surface area contributed by atoms with Gasteiger partial charge in [-0.05, 0) is 55.5 Å². The van der Waals surface area contributed by atoms with Crippen LogP contribution in [0.4, 0.5) is 16.3 Å². The predicted molar refractivity (Wildman–Crippen MR) is 148 cm³/mol. The number of hydrogen-bond acceptors (Lipinski definition) is 6. The smallest absolute Gasteiger partial charge is 0.412 e. The number of nitrogens with zero attached hydrogens (tertiary/aromatic N) is 2. The van der Waals surface area contributed by atoms with Crippen molar-refractivity contribution >= 4 is 29.4 Å². The van der Waals surface area contributed by atoms with E-state index in [1.165, 1.54) is 0 Å². The predicted octanol–water partition coefficient (Wildman–Crippen LogP) is 4.07. The van der Waals surface area contributed by atoms with Crippen LogP contribution >= 0.6 is 11.8 Å². The number of rotatable bonds is 5. The molecule has 1 aliphatic rings. The van der Waals surface area contributed by atoms with Crippen LogP contribution in [0.15, 0.2) is 87.0 Å². The van der Waals surface area contributed by atoms with E-state index in [1.807, 2.05) is 24.3 Å². The lowest BCUT2D eigenvalue weighted by molar-refractivity contribution is 0.215. The number of benzene rings is 2. The number of nitrogen functional groups attached to an aromatic ring is 1. The van der Waals surface area contributed by atoms with Crippen molar-refractivity contribution < 1.29 is 27.4 Å². The SMILES string of the molecule is C=C.C=C.CSC1(c2cc(N)nc(-c3ccc(NC(=O)Oc4ccccc4)cc3)n2)CC1.O.O.O.[HH]. The highest BCUT2D eigenvalue weighted by Gasteiger charge is 2.45. The van der Waals surface area contributed by atoms with Gasteiger partial charge in [-0.1, -0.05) is 18.2 Å². The Morgan fingerprint density at radius 3 is 2.09 bits per heavy atom. The second-order valence-electron chi connectivity index (χ2n) is 6.60. The van der Waals surface area contributed by atoms with Crippen LogP contribution in [0.25, 0.3) is 11.4 Å². The third-order valence-corrected chi connectivity index (χ3v) is 6.05. The number of carbonyl (C=O) groups is 1. The monoisotopic (exact) mass is 504 g/mol. The number of nitrogens with one attached hydrogen (secondary N) is 1. The van der Waals surface area contributed by atoms with Crippen molar-refractivity contribution in [1.29, 1.82) is 0 Å². The molecule has 10 heteroatoms. The van der Waals surface area contributed by atoms with E-state index in [0.717, 1.165) is 24.1 Å². The van der Waals surface area contributed by atoms with Crippen molar-refractivity contribution in [3.63, 3.8) is 0 Å². The number of para-hydroxylation sites is 1. The molecule has 2 aromatic carbocycles. The van der Waals surface area contributed by atoms with E-state index >= 15 is 0 Å². The molecule has 1 saturated carbocycles. The molecule has 9 N–H and O–H groups in total. The average Bonchev–Trinajstić information content (AvgIpc) is 3.64. The summed E-state index contributed by atoms with van der Waals surface area (Å²) in [4.78, 5) is 21.1. The highest BCUT2D eigenvalue weighted by atomic mass is 32.2. The maximum absolute atomic E-state index is 12.0. The Kier molecular flexibility index (Phi) is 15.3. The van der Waals surface area contributed by atoms with E-state index in [4.69, 9.17) is 15.5 Å². The number of anilines is 2. The van der Waals surface area contributed by atoms with Gasteiger partial charge in [-0.25, -0.2) is 14.8 Å². The fourth-order valence-electron chi connectivity index (χ4n) is 2.95. The van der Waals surface area contributed by atoms with Crippen LogP contribution in [0.3, 0.4) is 0 Å². The minimum absolute atomic E-state index is 0. The molecule has 0 atom stereocenters. The summed E-state index contributed by atoms with van der Waals surface area (Å²) in [7, 11) is 0. The van der Waals surface area contributed by atoms with Crippen LogP contribution < -0.4 is 15.8 Å². The van der Waals surface area contributed by atoms with Crippen molar-refractivity contribution in [3.8, 4) is 17.1 Å². The van der Waals surface area contributed by atoms with Gasteiger partial charge < -0.3 is 26.9 Å². The van der Waals surface area contributed by atoms with Crippen molar-refractivity contribution in [3.05, 3.63) is 92.7 Å². The van der Waals surface area contributed by atoms with Crippen LogP contribution in [-0.4, -0.2) is 38.7 Å². The maximum Gasteiger partial charge on any atom is 0.417 e. The molecule has 0 saturated heterocycles. The van der Waals surface area contributed by atoms with Crippen molar-refractivity contribution in [2.75, 3.05) is 17.3 Å². The van der Waals surface area contributed by atoms with Gasteiger partial charge in [0.25, 0.3) is 0 Å². The second-order valence-corrected chi connectivity index (χ2v) is 7.79. The Balaban J connectivity index is -0.00000130. The largest absolute Gasteiger partial charge is 0.417 e. The van der Waals surface area contributed by atoms with E-state index < -0.39 is 6.09 Å². The van der Waals surface area contributed by atoms with E-state index in [1.54, 1.807) is 48.2 Å². The Hall–Kier alpha value is -3.70. The van der Waals surface area contributed by atoms with Gasteiger partial charge in [-0.2, -0.15) is 11.8 Å². The molecule has 0 unspecified atom stereocenters. The highest BCUT2D eigenvalue weighted by molar-refractivity contribution is 7.99. The molecule has 3 aromatic rings. The molecule has 1 aromatic heterocycles. The maximum atomic E-state index is 12.0. The third-order valence-electron chi connectivity index (χ3n) is 4.65. The number of carbonyl (C=O) groups excluding carboxylic acids is 1. The van der Waals surface area contributed by atoms with Gasteiger partial charge >= 0.3 is 6.09 Å². The van der Waals surface area contributed by atoms with Gasteiger partial charge in [0, 0.05) is 18.7 Å². The summed E-state index contributed by atoms with van der Waals surface area (Å²) >= 11 is 1.81. The molecule has 9 nitrogen and oxygen atoms in total. The molecule has 192 valence electrons. The van der Waals surface area contributed by atoms with E-state index in [0.29, 0.717) is 23.1 Å². The number of hydrogen-bond donors (Lipinski definition) is 2.